The van der Waals surface area contributed by atoms with Crippen LogP contribution >= 0.6 is 0 Å². The number of carbonyl (C=O) groups excluding carboxylic acids is 1. The Bertz CT molecular complexity index is 301. The summed E-state index contributed by atoms with van der Waals surface area (Å²) in [5, 5.41) is 3.38. The molecule has 4 heteroatoms. The molecule has 0 radical (unpaired) electrons. The van der Waals surface area contributed by atoms with E-state index in [1.807, 2.05) is 13.8 Å². The molecule has 1 N–H and O–H groups in total. The largest absolute Gasteiger partial charge is 0.465 e. The molecule has 1 unspecified atom stereocenters. The number of carbonyl (C=O) groups is 1. The average molecular weight is 284 g/mol. The predicted octanol–water partition coefficient (Wildman–Crippen LogP) is 2.43. The molecule has 1 aliphatic carbocycles. The molecule has 1 aliphatic rings. The highest BCUT2D eigenvalue weighted by Crippen LogP contribution is 2.25. The van der Waals surface area contributed by atoms with Gasteiger partial charge in [0.05, 0.1) is 6.61 Å². The lowest BCUT2D eigenvalue weighted by atomic mass is 9.99. The van der Waals surface area contributed by atoms with E-state index in [1.54, 1.807) is 0 Å². The molecule has 1 fully saturated rings. The summed E-state index contributed by atoms with van der Waals surface area (Å²) in [4.78, 5) is 14.5. The van der Waals surface area contributed by atoms with Crippen molar-refractivity contribution >= 4 is 5.97 Å². The van der Waals surface area contributed by atoms with Crippen molar-refractivity contribution < 1.29 is 9.53 Å². The van der Waals surface area contributed by atoms with E-state index in [1.165, 1.54) is 25.7 Å². The molecule has 0 aliphatic heterocycles. The number of ether oxygens (including phenoxy) is 1. The molecule has 4 nitrogen and oxygen atoms in total. The highest BCUT2D eigenvalue weighted by Gasteiger charge is 2.36. The van der Waals surface area contributed by atoms with Crippen molar-refractivity contribution in [3.05, 3.63) is 0 Å². The van der Waals surface area contributed by atoms with Crippen LogP contribution in [0.4, 0.5) is 0 Å². The zero-order valence-electron chi connectivity index (χ0n) is 13.9. The van der Waals surface area contributed by atoms with Crippen molar-refractivity contribution in [3.8, 4) is 0 Å². The number of rotatable bonds is 8. The van der Waals surface area contributed by atoms with Crippen LogP contribution < -0.4 is 5.32 Å². The number of esters is 1. The van der Waals surface area contributed by atoms with Crippen molar-refractivity contribution in [2.75, 3.05) is 26.7 Å². The first-order valence-corrected chi connectivity index (χ1v) is 8.01. The minimum atomic E-state index is -0.627. The molecule has 0 amide bonds. The second-order valence-electron chi connectivity index (χ2n) is 6.70. The van der Waals surface area contributed by atoms with Crippen molar-refractivity contribution in [2.24, 2.45) is 5.92 Å². The molecule has 118 valence electrons. The maximum Gasteiger partial charge on any atom is 0.327 e. The molecule has 0 aromatic carbocycles. The molecule has 1 atom stereocenters. The highest BCUT2D eigenvalue weighted by atomic mass is 16.5. The third-order valence-electron chi connectivity index (χ3n) is 3.96. The molecule has 20 heavy (non-hydrogen) atoms. The maximum atomic E-state index is 12.3. The zero-order chi connectivity index (χ0) is 15.2. The Hall–Kier alpha value is -0.610. The summed E-state index contributed by atoms with van der Waals surface area (Å²) in [6.07, 6.45) is 5.38. The summed E-state index contributed by atoms with van der Waals surface area (Å²) in [5.74, 6) is 0.650. The zero-order valence-corrected chi connectivity index (χ0v) is 13.9. The normalized spacial score (nSPS) is 19.6. The Kier molecular flexibility index (Phi) is 6.96. The second-order valence-corrected chi connectivity index (χ2v) is 6.70. The van der Waals surface area contributed by atoms with Crippen LogP contribution in [0.5, 0.6) is 0 Å². The van der Waals surface area contributed by atoms with E-state index >= 15 is 0 Å². The van der Waals surface area contributed by atoms with Crippen molar-refractivity contribution in [1.29, 1.82) is 0 Å². The molecule has 1 saturated carbocycles. The first-order chi connectivity index (χ1) is 9.37. The average Bonchev–Trinajstić information content (AvgIpc) is 2.80. The van der Waals surface area contributed by atoms with E-state index in [-0.39, 0.29) is 12.0 Å². The van der Waals surface area contributed by atoms with E-state index in [9.17, 15) is 4.79 Å². The van der Waals surface area contributed by atoms with E-state index < -0.39 is 5.54 Å². The van der Waals surface area contributed by atoms with Gasteiger partial charge in [0.1, 0.15) is 5.54 Å². The Morgan fingerprint density at radius 2 is 2.00 bits per heavy atom. The first-order valence-electron chi connectivity index (χ1n) is 8.01. The van der Waals surface area contributed by atoms with Gasteiger partial charge in [-0.2, -0.15) is 0 Å². The lowest BCUT2D eigenvalue weighted by Gasteiger charge is -2.35. The van der Waals surface area contributed by atoms with Crippen LogP contribution in [0.25, 0.3) is 0 Å². The SMILES string of the molecule is CCOC(=O)C(C)(CN(C)CC1CCCC1)NC(C)C. The fourth-order valence-electron chi connectivity index (χ4n) is 3.33. The Morgan fingerprint density at radius 3 is 2.50 bits per heavy atom. The van der Waals surface area contributed by atoms with Gasteiger partial charge in [-0.3, -0.25) is 10.1 Å². The lowest BCUT2D eigenvalue weighted by Crippen LogP contribution is -2.59. The van der Waals surface area contributed by atoms with Gasteiger partial charge in [0.25, 0.3) is 0 Å². The fourth-order valence-corrected chi connectivity index (χ4v) is 3.33. The molecular weight excluding hydrogens is 252 g/mol. The van der Waals surface area contributed by atoms with Crippen LogP contribution in [-0.2, 0) is 9.53 Å². The number of nitrogens with one attached hydrogen (secondary N) is 1. The standard InChI is InChI=1S/C16H32N2O2/c1-6-20-15(19)16(4,17-13(2)3)12-18(5)11-14-9-7-8-10-14/h13-14,17H,6-12H2,1-5H3. The van der Waals surface area contributed by atoms with Gasteiger partial charge in [-0.25, -0.2) is 0 Å². The molecule has 0 aromatic rings. The molecular formula is C16H32N2O2. The maximum absolute atomic E-state index is 12.3. The smallest absolute Gasteiger partial charge is 0.327 e. The van der Waals surface area contributed by atoms with E-state index in [2.05, 4.69) is 31.1 Å². The quantitative estimate of drug-likeness (QED) is 0.695. The lowest BCUT2D eigenvalue weighted by molar-refractivity contribution is -0.151. The van der Waals surface area contributed by atoms with Gasteiger partial charge in [-0.15, -0.1) is 0 Å². The fraction of sp³-hybridized carbons (Fsp3) is 0.938. The minimum absolute atomic E-state index is 0.146. The van der Waals surface area contributed by atoms with Gasteiger partial charge in [0, 0.05) is 19.1 Å². The van der Waals surface area contributed by atoms with E-state index in [0.717, 1.165) is 12.5 Å². The molecule has 1 rings (SSSR count). The summed E-state index contributed by atoms with van der Waals surface area (Å²) >= 11 is 0. The molecule has 0 bridgehead atoms. The third-order valence-corrected chi connectivity index (χ3v) is 3.96. The summed E-state index contributed by atoms with van der Waals surface area (Å²) in [6.45, 7) is 10.1. The number of nitrogens with zero attached hydrogens (tertiary/aromatic N) is 1. The van der Waals surface area contributed by atoms with Crippen LogP contribution in [0.15, 0.2) is 0 Å². The Morgan fingerprint density at radius 1 is 1.40 bits per heavy atom. The highest BCUT2D eigenvalue weighted by molar-refractivity contribution is 5.80. The number of hydrogen-bond acceptors (Lipinski definition) is 4. The van der Waals surface area contributed by atoms with Crippen LogP contribution in [-0.4, -0.2) is 49.2 Å². The van der Waals surface area contributed by atoms with Gasteiger partial charge in [0.2, 0.25) is 0 Å². The van der Waals surface area contributed by atoms with Gasteiger partial charge in [-0.05, 0) is 53.5 Å². The van der Waals surface area contributed by atoms with Gasteiger partial charge >= 0.3 is 5.97 Å². The topological polar surface area (TPSA) is 41.6 Å². The van der Waals surface area contributed by atoms with Crippen molar-refractivity contribution in [3.63, 3.8) is 0 Å². The molecule has 0 heterocycles. The van der Waals surface area contributed by atoms with E-state index in [4.69, 9.17) is 4.74 Å². The van der Waals surface area contributed by atoms with E-state index in [0.29, 0.717) is 13.2 Å². The van der Waals surface area contributed by atoms with Crippen LogP contribution in [0, 0.1) is 5.92 Å². The van der Waals surface area contributed by atoms with Crippen molar-refractivity contribution in [1.82, 2.24) is 10.2 Å². The van der Waals surface area contributed by atoms with Gasteiger partial charge < -0.3 is 9.64 Å². The molecule has 0 aromatic heterocycles. The molecule has 0 saturated heterocycles. The van der Waals surface area contributed by atoms with Gasteiger partial charge in [0.15, 0.2) is 0 Å². The molecule has 0 spiro atoms. The van der Waals surface area contributed by atoms with Gasteiger partial charge in [-0.1, -0.05) is 12.8 Å². The second kappa shape index (κ2) is 7.99. The predicted molar refractivity (Wildman–Crippen MR) is 82.8 cm³/mol. The first kappa shape index (κ1) is 17.4. The third kappa shape index (κ3) is 5.41. The number of hydrogen-bond donors (Lipinski definition) is 1. The summed E-state index contributed by atoms with van der Waals surface area (Å²) < 4.78 is 5.25. The van der Waals surface area contributed by atoms with Crippen LogP contribution in [0.1, 0.15) is 53.4 Å². The number of likely N-dealkylation sites (N-methyl/N-ethyl adjacent to an activating group) is 1. The Labute approximate surface area is 124 Å². The van der Waals surface area contributed by atoms with Crippen LogP contribution in [0.2, 0.25) is 0 Å². The summed E-state index contributed by atoms with van der Waals surface area (Å²) in [6, 6.07) is 0.254. The summed E-state index contributed by atoms with van der Waals surface area (Å²) in [7, 11) is 2.11. The van der Waals surface area contributed by atoms with Crippen LogP contribution in [0.3, 0.4) is 0 Å². The Balaban J connectivity index is 2.59. The summed E-state index contributed by atoms with van der Waals surface area (Å²) in [5.41, 5.74) is -0.627. The minimum Gasteiger partial charge on any atom is -0.465 e. The monoisotopic (exact) mass is 284 g/mol. The van der Waals surface area contributed by atoms with Crippen molar-refractivity contribution in [2.45, 2.75) is 65.0 Å².